The van der Waals surface area contributed by atoms with Crippen LogP contribution >= 0.6 is 24.0 Å². The summed E-state index contributed by atoms with van der Waals surface area (Å²) in [6.07, 6.45) is 4.21. The van der Waals surface area contributed by atoms with E-state index in [4.69, 9.17) is 4.74 Å². The average Bonchev–Trinajstić information content (AvgIpc) is 2.62. The van der Waals surface area contributed by atoms with Gasteiger partial charge in [-0.2, -0.15) is 0 Å². The summed E-state index contributed by atoms with van der Waals surface area (Å²) in [6.45, 7) is 9.11. The molecule has 0 heterocycles. The van der Waals surface area contributed by atoms with Gasteiger partial charge < -0.3 is 25.8 Å². The number of amides is 1. The molecular formula is C22H37IN4O3. The standard InChI is InChI=1S/C22H36N4O3.HI/c1-5-23-20(24-14-13-16-7-6-8-19(27)15-16)25-17-9-11-18(12-10-17)26-21(28)29-22(2,3)4;/h6-8,15,17-18,27H,5,9-14H2,1-4H3,(H,26,28)(H2,23,24,25);1H. The average molecular weight is 532 g/mol. The minimum absolute atomic E-state index is 0. The van der Waals surface area contributed by atoms with Gasteiger partial charge in [0.05, 0.1) is 0 Å². The van der Waals surface area contributed by atoms with Crippen LogP contribution in [0.3, 0.4) is 0 Å². The summed E-state index contributed by atoms with van der Waals surface area (Å²) in [5.41, 5.74) is 0.594. The molecule has 1 fully saturated rings. The summed E-state index contributed by atoms with van der Waals surface area (Å²) in [6, 6.07) is 7.79. The van der Waals surface area contributed by atoms with Crippen LogP contribution in [-0.4, -0.2) is 47.9 Å². The van der Waals surface area contributed by atoms with E-state index >= 15 is 0 Å². The number of hydrogen-bond acceptors (Lipinski definition) is 4. The fourth-order valence-corrected chi connectivity index (χ4v) is 3.38. The van der Waals surface area contributed by atoms with E-state index in [1.165, 1.54) is 0 Å². The monoisotopic (exact) mass is 532 g/mol. The molecule has 0 bridgehead atoms. The van der Waals surface area contributed by atoms with Gasteiger partial charge in [-0.15, -0.1) is 24.0 Å². The molecular weight excluding hydrogens is 495 g/mol. The summed E-state index contributed by atoms with van der Waals surface area (Å²) in [5.74, 6) is 1.10. The lowest BCUT2D eigenvalue weighted by Crippen LogP contribution is -2.48. The Labute approximate surface area is 197 Å². The number of ether oxygens (including phenoxy) is 1. The molecule has 0 spiro atoms. The number of phenolic OH excluding ortho intramolecular Hbond substituents is 1. The molecule has 0 atom stereocenters. The summed E-state index contributed by atoms with van der Waals surface area (Å²) >= 11 is 0. The van der Waals surface area contributed by atoms with Crippen molar-refractivity contribution in [2.24, 2.45) is 4.99 Å². The van der Waals surface area contributed by atoms with Crippen molar-refractivity contribution in [3.05, 3.63) is 29.8 Å². The maximum atomic E-state index is 11.9. The van der Waals surface area contributed by atoms with E-state index < -0.39 is 5.60 Å². The van der Waals surface area contributed by atoms with Crippen molar-refractivity contribution in [3.8, 4) is 5.75 Å². The third-order valence-electron chi connectivity index (χ3n) is 4.71. The van der Waals surface area contributed by atoms with Crippen molar-refractivity contribution < 1.29 is 14.6 Å². The van der Waals surface area contributed by atoms with Crippen molar-refractivity contribution in [2.45, 2.75) is 77.5 Å². The van der Waals surface area contributed by atoms with E-state index in [2.05, 4.69) is 20.9 Å². The van der Waals surface area contributed by atoms with Crippen LogP contribution < -0.4 is 16.0 Å². The van der Waals surface area contributed by atoms with E-state index in [-0.39, 0.29) is 41.9 Å². The zero-order valence-electron chi connectivity index (χ0n) is 18.5. The first-order valence-corrected chi connectivity index (χ1v) is 10.6. The maximum absolute atomic E-state index is 11.9. The number of carbonyl (C=O) groups excluding carboxylic acids is 1. The molecule has 30 heavy (non-hydrogen) atoms. The summed E-state index contributed by atoms with van der Waals surface area (Å²) in [5, 5.41) is 19.3. The highest BCUT2D eigenvalue weighted by Gasteiger charge is 2.25. The summed E-state index contributed by atoms with van der Waals surface area (Å²) in [7, 11) is 0. The largest absolute Gasteiger partial charge is 0.508 e. The number of aromatic hydroxyl groups is 1. The van der Waals surface area contributed by atoms with Gasteiger partial charge in [-0.25, -0.2) is 4.79 Å². The van der Waals surface area contributed by atoms with Crippen LogP contribution in [0.2, 0.25) is 0 Å². The number of benzene rings is 1. The molecule has 8 heteroatoms. The van der Waals surface area contributed by atoms with Crippen molar-refractivity contribution >= 4 is 36.0 Å². The van der Waals surface area contributed by atoms with Crippen LogP contribution in [0.5, 0.6) is 5.75 Å². The Morgan fingerprint density at radius 1 is 1.17 bits per heavy atom. The highest BCUT2D eigenvalue weighted by molar-refractivity contribution is 14.0. The number of carbonyl (C=O) groups is 1. The van der Waals surface area contributed by atoms with E-state index in [1.807, 2.05) is 39.8 Å². The van der Waals surface area contributed by atoms with Gasteiger partial charge in [-0.05, 0) is 77.5 Å². The molecule has 1 aliphatic rings. The van der Waals surface area contributed by atoms with E-state index in [0.717, 1.165) is 50.2 Å². The maximum Gasteiger partial charge on any atom is 0.407 e. The van der Waals surface area contributed by atoms with Gasteiger partial charge in [-0.3, -0.25) is 4.99 Å². The number of nitrogens with zero attached hydrogens (tertiary/aromatic N) is 1. The Morgan fingerprint density at radius 3 is 2.37 bits per heavy atom. The molecule has 1 aromatic carbocycles. The van der Waals surface area contributed by atoms with Crippen molar-refractivity contribution in [1.82, 2.24) is 16.0 Å². The quantitative estimate of drug-likeness (QED) is 0.253. The van der Waals surface area contributed by atoms with E-state index in [9.17, 15) is 9.90 Å². The van der Waals surface area contributed by atoms with Gasteiger partial charge in [0.15, 0.2) is 5.96 Å². The Balaban J connectivity index is 0.00000450. The first kappa shape index (κ1) is 26.3. The Bertz CT molecular complexity index is 683. The lowest BCUT2D eigenvalue weighted by Gasteiger charge is -2.31. The van der Waals surface area contributed by atoms with Crippen molar-refractivity contribution in [1.29, 1.82) is 0 Å². The minimum atomic E-state index is -0.474. The molecule has 7 nitrogen and oxygen atoms in total. The number of halogens is 1. The van der Waals surface area contributed by atoms with Crippen LogP contribution in [0.25, 0.3) is 0 Å². The van der Waals surface area contributed by atoms with Crippen LogP contribution in [0.15, 0.2) is 29.3 Å². The molecule has 1 amide bonds. The number of guanidine groups is 1. The molecule has 0 saturated heterocycles. The van der Waals surface area contributed by atoms with Gasteiger partial charge in [0.2, 0.25) is 0 Å². The lowest BCUT2D eigenvalue weighted by atomic mass is 9.91. The van der Waals surface area contributed by atoms with Gasteiger partial charge >= 0.3 is 6.09 Å². The lowest BCUT2D eigenvalue weighted by molar-refractivity contribution is 0.0490. The second kappa shape index (κ2) is 12.9. The van der Waals surface area contributed by atoms with Gasteiger partial charge in [0, 0.05) is 25.2 Å². The third kappa shape index (κ3) is 10.4. The number of hydrogen-bond donors (Lipinski definition) is 4. The molecule has 0 unspecified atom stereocenters. The fourth-order valence-electron chi connectivity index (χ4n) is 3.38. The van der Waals surface area contributed by atoms with Crippen LogP contribution in [0.4, 0.5) is 4.79 Å². The zero-order valence-corrected chi connectivity index (χ0v) is 20.9. The molecule has 0 radical (unpaired) electrons. The SMILES string of the molecule is CCNC(=NCCc1cccc(O)c1)NC1CCC(NC(=O)OC(C)(C)C)CC1.I. The summed E-state index contributed by atoms with van der Waals surface area (Å²) in [4.78, 5) is 16.6. The third-order valence-corrected chi connectivity index (χ3v) is 4.71. The fraction of sp³-hybridized carbons (Fsp3) is 0.636. The first-order chi connectivity index (χ1) is 13.7. The number of rotatable bonds is 6. The molecule has 1 saturated carbocycles. The minimum Gasteiger partial charge on any atom is -0.508 e. The van der Waals surface area contributed by atoms with Gasteiger partial charge in [0.1, 0.15) is 11.4 Å². The second-order valence-electron chi connectivity index (χ2n) is 8.52. The van der Waals surface area contributed by atoms with Crippen molar-refractivity contribution in [2.75, 3.05) is 13.1 Å². The van der Waals surface area contributed by atoms with Gasteiger partial charge in [-0.1, -0.05) is 12.1 Å². The number of aliphatic imine (C=N–C) groups is 1. The van der Waals surface area contributed by atoms with Gasteiger partial charge in [0.25, 0.3) is 0 Å². The normalized spacial score (nSPS) is 19.4. The van der Waals surface area contributed by atoms with Crippen LogP contribution in [0, 0.1) is 0 Å². The molecule has 0 aromatic heterocycles. The Morgan fingerprint density at radius 2 is 1.80 bits per heavy atom. The number of phenols is 1. The predicted octanol–water partition coefficient (Wildman–Crippen LogP) is 3.94. The van der Waals surface area contributed by atoms with E-state index in [0.29, 0.717) is 12.6 Å². The van der Waals surface area contributed by atoms with Crippen LogP contribution in [0.1, 0.15) is 58.9 Å². The number of alkyl carbamates (subject to hydrolysis) is 1. The van der Waals surface area contributed by atoms with Crippen LogP contribution in [-0.2, 0) is 11.2 Å². The highest BCUT2D eigenvalue weighted by Crippen LogP contribution is 2.19. The smallest absolute Gasteiger partial charge is 0.407 e. The molecule has 170 valence electrons. The number of nitrogens with one attached hydrogen (secondary N) is 3. The van der Waals surface area contributed by atoms with Crippen molar-refractivity contribution in [3.63, 3.8) is 0 Å². The molecule has 4 N–H and O–H groups in total. The Kier molecular flexibility index (Phi) is 11.3. The molecule has 2 rings (SSSR count). The second-order valence-corrected chi connectivity index (χ2v) is 8.52. The molecule has 1 aromatic rings. The summed E-state index contributed by atoms with van der Waals surface area (Å²) < 4.78 is 5.34. The zero-order chi connectivity index (χ0) is 21.3. The first-order valence-electron chi connectivity index (χ1n) is 10.6. The Hall–Kier alpha value is -1.71. The highest BCUT2D eigenvalue weighted by atomic mass is 127. The predicted molar refractivity (Wildman–Crippen MR) is 132 cm³/mol. The molecule has 1 aliphatic carbocycles. The van der Waals surface area contributed by atoms with E-state index in [1.54, 1.807) is 12.1 Å². The topological polar surface area (TPSA) is 95.0 Å². The molecule has 0 aliphatic heterocycles.